The number of halogens is 3. The van der Waals surface area contributed by atoms with Gasteiger partial charge < -0.3 is 15.5 Å². The van der Waals surface area contributed by atoms with Crippen LogP contribution < -0.4 is 10.6 Å². The molecule has 5 nitrogen and oxygen atoms in total. The summed E-state index contributed by atoms with van der Waals surface area (Å²) in [5.74, 6) is 0.658. The van der Waals surface area contributed by atoms with Gasteiger partial charge in [-0.05, 0) is 32.3 Å². The molecular formula is C15H18F3N5. The fourth-order valence-electron chi connectivity index (χ4n) is 1.88. The Morgan fingerprint density at radius 1 is 1.13 bits per heavy atom. The van der Waals surface area contributed by atoms with Gasteiger partial charge in [0, 0.05) is 19.3 Å². The number of benzene rings is 1. The molecular weight excluding hydrogens is 307 g/mol. The number of nitrogens with zero attached hydrogens (tertiary/aromatic N) is 3. The molecule has 2 rings (SSSR count). The van der Waals surface area contributed by atoms with Crippen LogP contribution in [0.5, 0.6) is 0 Å². The maximum absolute atomic E-state index is 13.0. The van der Waals surface area contributed by atoms with Gasteiger partial charge in [-0.2, -0.15) is 18.2 Å². The molecule has 1 aromatic heterocycles. The summed E-state index contributed by atoms with van der Waals surface area (Å²) in [6, 6.07) is 6.89. The molecule has 0 fully saturated rings. The van der Waals surface area contributed by atoms with Gasteiger partial charge in [-0.15, -0.1) is 0 Å². The second-order valence-electron chi connectivity index (χ2n) is 5.16. The Hall–Kier alpha value is -2.35. The highest BCUT2D eigenvalue weighted by Gasteiger charge is 2.33. The number of hydrogen-bond acceptors (Lipinski definition) is 5. The molecule has 0 spiro atoms. The van der Waals surface area contributed by atoms with Gasteiger partial charge in [-0.25, -0.2) is 4.98 Å². The zero-order valence-electron chi connectivity index (χ0n) is 12.9. The normalized spacial score (nSPS) is 11.6. The van der Waals surface area contributed by atoms with Crippen LogP contribution in [0, 0.1) is 0 Å². The predicted molar refractivity (Wildman–Crippen MR) is 83.8 cm³/mol. The summed E-state index contributed by atoms with van der Waals surface area (Å²) in [6.45, 7) is 1.48. The minimum Gasteiger partial charge on any atom is -0.369 e. The molecule has 0 atom stereocenters. The first kappa shape index (κ1) is 17.0. The monoisotopic (exact) mass is 325 g/mol. The van der Waals surface area contributed by atoms with Crippen LogP contribution in [0.2, 0.25) is 0 Å². The van der Waals surface area contributed by atoms with Gasteiger partial charge in [0.25, 0.3) is 0 Å². The fraction of sp³-hybridized carbons (Fsp3) is 0.333. The van der Waals surface area contributed by atoms with Gasteiger partial charge in [0.05, 0.1) is 11.3 Å². The number of likely N-dealkylation sites (N-methyl/N-ethyl adjacent to an activating group) is 1. The van der Waals surface area contributed by atoms with E-state index in [0.29, 0.717) is 12.4 Å². The number of para-hydroxylation sites is 1. The molecule has 23 heavy (non-hydrogen) atoms. The van der Waals surface area contributed by atoms with Crippen molar-refractivity contribution in [2.45, 2.75) is 6.18 Å². The Kier molecular flexibility index (Phi) is 5.38. The summed E-state index contributed by atoms with van der Waals surface area (Å²) < 4.78 is 38.9. The summed E-state index contributed by atoms with van der Waals surface area (Å²) >= 11 is 0. The fourth-order valence-corrected chi connectivity index (χ4v) is 1.88. The van der Waals surface area contributed by atoms with Crippen molar-refractivity contribution < 1.29 is 13.2 Å². The molecule has 0 saturated carbocycles. The Morgan fingerprint density at radius 2 is 1.87 bits per heavy atom. The Bertz CT molecular complexity index is 643. The lowest BCUT2D eigenvalue weighted by Gasteiger charge is -2.14. The molecule has 0 aliphatic heterocycles. The van der Waals surface area contributed by atoms with E-state index >= 15 is 0 Å². The van der Waals surface area contributed by atoms with Gasteiger partial charge >= 0.3 is 6.18 Å². The molecule has 1 aromatic carbocycles. The van der Waals surface area contributed by atoms with E-state index in [-0.39, 0.29) is 11.6 Å². The highest BCUT2D eigenvalue weighted by atomic mass is 19.4. The molecule has 8 heteroatoms. The van der Waals surface area contributed by atoms with E-state index in [4.69, 9.17) is 0 Å². The van der Waals surface area contributed by atoms with Crippen LogP contribution in [-0.4, -0.2) is 42.1 Å². The molecule has 0 aliphatic carbocycles. The molecule has 124 valence electrons. The van der Waals surface area contributed by atoms with Crippen molar-refractivity contribution in [1.29, 1.82) is 0 Å². The first-order valence-corrected chi connectivity index (χ1v) is 7.01. The average Bonchev–Trinajstić information content (AvgIpc) is 2.47. The van der Waals surface area contributed by atoms with Crippen LogP contribution in [0.3, 0.4) is 0 Å². The van der Waals surface area contributed by atoms with Crippen LogP contribution in [-0.2, 0) is 6.18 Å². The lowest BCUT2D eigenvalue weighted by Crippen LogP contribution is -2.21. The average molecular weight is 325 g/mol. The molecule has 0 unspecified atom stereocenters. The Morgan fingerprint density at radius 3 is 2.57 bits per heavy atom. The van der Waals surface area contributed by atoms with E-state index in [1.54, 1.807) is 6.07 Å². The van der Waals surface area contributed by atoms with Crippen molar-refractivity contribution in [2.24, 2.45) is 0 Å². The lowest BCUT2D eigenvalue weighted by atomic mass is 10.1. The SMILES string of the molecule is CN(C)CCNc1ccnc(Nc2ccccc2C(F)(F)F)n1. The van der Waals surface area contributed by atoms with Gasteiger partial charge in [0.1, 0.15) is 5.82 Å². The first-order valence-electron chi connectivity index (χ1n) is 7.01. The van der Waals surface area contributed by atoms with Crippen molar-refractivity contribution in [3.8, 4) is 0 Å². The number of alkyl halides is 3. The van der Waals surface area contributed by atoms with Crippen molar-refractivity contribution in [2.75, 3.05) is 37.8 Å². The minimum atomic E-state index is -4.44. The molecule has 0 aliphatic rings. The molecule has 2 N–H and O–H groups in total. The molecule has 0 saturated heterocycles. The summed E-state index contributed by atoms with van der Waals surface area (Å²) in [5, 5.41) is 5.72. The van der Waals surface area contributed by atoms with Crippen LogP contribution in [0.4, 0.5) is 30.6 Å². The third kappa shape index (κ3) is 5.10. The maximum atomic E-state index is 13.0. The molecule has 0 bridgehead atoms. The van der Waals surface area contributed by atoms with Gasteiger partial charge in [-0.1, -0.05) is 12.1 Å². The van der Waals surface area contributed by atoms with Crippen molar-refractivity contribution >= 4 is 17.5 Å². The second-order valence-corrected chi connectivity index (χ2v) is 5.16. The summed E-state index contributed by atoms with van der Waals surface area (Å²) in [4.78, 5) is 10.1. The highest BCUT2D eigenvalue weighted by Crippen LogP contribution is 2.35. The third-order valence-electron chi connectivity index (χ3n) is 3.00. The number of anilines is 3. The number of hydrogen-bond donors (Lipinski definition) is 2. The van der Waals surface area contributed by atoms with Crippen molar-refractivity contribution in [1.82, 2.24) is 14.9 Å². The van der Waals surface area contributed by atoms with Crippen LogP contribution in [0.25, 0.3) is 0 Å². The minimum absolute atomic E-state index is 0.0783. The zero-order chi connectivity index (χ0) is 16.9. The number of aromatic nitrogens is 2. The van der Waals surface area contributed by atoms with E-state index in [1.165, 1.54) is 24.4 Å². The predicted octanol–water partition coefficient (Wildman–Crippen LogP) is 3.21. The van der Waals surface area contributed by atoms with Crippen molar-refractivity contribution in [3.05, 3.63) is 42.1 Å². The summed E-state index contributed by atoms with van der Waals surface area (Å²) in [7, 11) is 3.89. The van der Waals surface area contributed by atoms with E-state index in [2.05, 4.69) is 20.6 Å². The summed E-state index contributed by atoms with van der Waals surface area (Å²) in [6.07, 6.45) is -2.95. The first-order chi connectivity index (χ1) is 10.9. The van der Waals surface area contributed by atoms with Gasteiger partial charge in [0.15, 0.2) is 0 Å². The smallest absolute Gasteiger partial charge is 0.369 e. The van der Waals surface area contributed by atoms with Crippen LogP contribution in [0.15, 0.2) is 36.5 Å². The quantitative estimate of drug-likeness (QED) is 0.854. The van der Waals surface area contributed by atoms with E-state index in [0.717, 1.165) is 12.6 Å². The third-order valence-corrected chi connectivity index (χ3v) is 3.00. The molecule has 0 radical (unpaired) electrons. The standard InChI is InChI=1S/C15H18F3N5/c1-23(2)10-9-19-13-7-8-20-14(22-13)21-12-6-4-3-5-11(12)15(16,17)18/h3-8H,9-10H2,1-2H3,(H2,19,20,21,22). The molecule has 0 amide bonds. The van der Waals surface area contributed by atoms with Crippen LogP contribution >= 0.6 is 0 Å². The number of rotatable bonds is 6. The summed E-state index contributed by atoms with van der Waals surface area (Å²) in [5.41, 5.74) is -0.833. The number of nitrogens with one attached hydrogen (secondary N) is 2. The highest BCUT2D eigenvalue weighted by molar-refractivity contribution is 5.60. The van der Waals surface area contributed by atoms with Crippen LogP contribution in [0.1, 0.15) is 5.56 Å². The maximum Gasteiger partial charge on any atom is 0.418 e. The lowest BCUT2D eigenvalue weighted by molar-refractivity contribution is -0.136. The van der Waals surface area contributed by atoms with Crippen molar-refractivity contribution in [3.63, 3.8) is 0 Å². The van der Waals surface area contributed by atoms with Gasteiger partial charge in [-0.3, -0.25) is 0 Å². The van der Waals surface area contributed by atoms with E-state index < -0.39 is 11.7 Å². The van der Waals surface area contributed by atoms with E-state index in [9.17, 15) is 13.2 Å². The second kappa shape index (κ2) is 7.28. The Labute approximate surface area is 132 Å². The molecule has 1 heterocycles. The van der Waals surface area contributed by atoms with Gasteiger partial charge in [0.2, 0.25) is 5.95 Å². The molecule has 2 aromatic rings. The zero-order valence-corrected chi connectivity index (χ0v) is 12.9. The largest absolute Gasteiger partial charge is 0.418 e. The topological polar surface area (TPSA) is 53.1 Å². The van der Waals surface area contributed by atoms with E-state index in [1.807, 2.05) is 19.0 Å². The Balaban J connectivity index is 2.12.